The summed E-state index contributed by atoms with van der Waals surface area (Å²) in [6.45, 7) is 13.8. The average Bonchev–Trinajstić information content (AvgIpc) is 2.14. The first-order valence-corrected chi connectivity index (χ1v) is 6.18. The van der Waals surface area contributed by atoms with Gasteiger partial charge in [0.1, 0.15) is 6.20 Å². The van der Waals surface area contributed by atoms with Crippen LogP contribution >= 0.6 is 31.9 Å². The highest BCUT2D eigenvalue weighted by atomic mass is 79.9. The highest BCUT2D eigenvalue weighted by Crippen LogP contribution is 2.24. The molecule has 13 heavy (non-hydrogen) atoms. The van der Waals surface area contributed by atoms with Gasteiger partial charge in [0.2, 0.25) is 0 Å². The van der Waals surface area contributed by atoms with E-state index in [9.17, 15) is 0 Å². The Morgan fingerprint density at radius 3 is 1.77 bits per heavy atom. The standard InChI is InChI=1S/C10H18Br2N/c1-5-13(6-2,7-3)8-10(12)9(4)11/h8H,4-7H2,1-3H3/q+1. The van der Waals surface area contributed by atoms with Gasteiger partial charge in [-0.1, -0.05) is 22.5 Å². The maximum atomic E-state index is 3.83. The lowest BCUT2D eigenvalue weighted by atomic mass is 10.3. The third-order valence-electron chi connectivity index (χ3n) is 2.54. The van der Waals surface area contributed by atoms with Crippen molar-refractivity contribution in [3.05, 3.63) is 21.7 Å². The molecule has 0 amide bonds. The van der Waals surface area contributed by atoms with Crippen molar-refractivity contribution in [2.75, 3.05) is 19.6 Å². The highest BCUT2D eigenvalue weighted by molar-refractivity contribution is 9.15. The first-order chi connectivity index (χ1) is 6.01. The summed E-state index contributed by atoms with van der Waals surface area (Å²) in [5, 5.41) is 0. The van der Waals surface area contributed by atoms with E-state index in [0.717, 1.165) is 33.1 Å². The molecule has 0 unspecified atom stereocenters. The normalized spacial score (nSPS) is 13.2. The molecule has 0 atom stereocenters. The fourth-order valence-electron chi connectivity index (χ4n) is 1.26. The van der Waals surface area contributed by atoms with Crippen LogP contribution in [0.5, 0.6) is 0 Å². The quantitative estimate of drug-likeness (QED) is 0.531. The molecule has 0 fully saturated rings. The minimum atomic E-state index is 0.908. The molecule has 0 rings (SSSR count). The number of hydrogen-bond donors (Lipinski definition) is 0. The molecule has 0 radical (unpaired) electrons. The largest absolute Gasteiger partial charge is 0.297 e. The first kappa shape index (κ1) is 13.4. The first-order valence-electron chi connectivity index (χ1n) is 4.60. The third-order valence-corrected chi connectivity index (χ3v) is 4.18. The molecule has 0 aromatic carbocycles. The SMILES string of the molecule is C=C(Br)C(Br)=C[N+](CC)(CC)CC. The van der Waals surface area contributed by atoms with Gasteiger partial charge in [-0.05, 0) is 36.7 Å². The van der Waals surface area contributed by atoms with Crippen LogP contribution in [0.25, 0.3) is 0 Å². The van der Waals surface area contributed by atoms with Crippen LogP contribution < -0.4 is 0 Å². The Morgan fingerprint density at radius 1 is 1.15 bits per heavy atom. The zero-order valence-electron chi connectivity index (χ0n) is 8.61. The molecular formula is C10H18Br2N+. The summed E-state index contributed by atoms with van der Waals surface area (Å²) in [4.78, 5) is 0. The number of nitrogens with zero attached hydrogens (tertiary/aromatic N) is 1. The van der Waals surface area contributed by atoms with Crippen LogP contribution in [0, 0.1) is 0 Å². The molecule has 3 heteroatoms. The molecule has 0 aliphatic carbocycles. The van der Waals surface area contributed by atoms with Crippen molar-refractivity contribution in [2.24, 2.45) is 0 Å². The summed E-state index contributed by atoms with van der Waals surface area (Å²) in [6.07, 6.45) is 2.22. The predicted molar refractivity (Wildman–Crippen MR) is 67.0 cm³/mol. The van der Waals surface area contributed by atoms with Crippen molar-refractivity contribution >= 4 is 31.9 Å². The molecule has 0 aliphatic rings. The lowest BCUT2D eigenvalue weighted by molar-refractivity contribution is -0.874. The van der Waals surface area contributed by atoms with Gasteiger partial charge in [-0.2, -0.15) is 0 Å². The number of hydrogen-bond acceptors (Lipinski definition) is 0. The Bertz CT molecular complexity index is 197. The van der Waals surface area contributed by atoms with E-state index in [2.05, 4.69) is 65.4 Å². The van der Waals surface area contributed by atoms with Gasteiger partial charge in [0, 0.05) is 4.48 Å². The Kier molecular flexibility index (Phi) is 6.18. The summed E-state index contributed by atoms with van der Waals surface area (Å²) in [5.41, 5.74) is 0. The summed E-state index contributed by atoms with van der Waals surface area (Å²) >= 11 is 6.86. The summed E-state index contributed by atoms with van der Waals surface area (Å²) in [7, 11) is 0. The molecule has 1 nitrogen and oxygen atoms in total. The highest BCUT2D eigenvalue weighted by Gasteiger charge is 2.18. The van der Waals surface area contributed by atoms with Gasteiger partial charge in [0.25, 0.3) is 0 Å². The topological polar surface area (TPSA) is 0 Å². The molecule has 0 spiro atoms. The van der Waals surface area contributed by atoms with Crippen molar-refractivity contribution in [1.82, 2.24) is 0 Å². The Morgan fingerprint density at radius 2 is 1.54 bits per heavy atom. The van der Waals surface area contributed by atoms with Crippen molar-refractivity contribution < 1.29 is 4.48 Å². The molecule has 0 N–H and O–H groups in total. The zero-order valence-corrected chi connectivity index (χ0v) is 11.8. The number of halogens is 2. The molecule has 0 bridgehead atoms. The smallest absolute Gasteiger partial charge is 0.111 e. The van der Waals surface area contributed by atoms with Gasteiger partial charge in [0.05, 0.1) is 24.1 Å². The minimum Gasteiger partial charge on any atom is -0.297 e. The van der Waals surface area contributed by atoms with Gasteiger partial charge in [-0.15, -0.1) is 0 Å². The van der Waals surface area contributed by atoms with Crippen molar-refractivity contribution in [3.63, 3.8) is 0 Å². The van der Waals surface area contributed by atoms with E-state index in [0.29, 0.717) is 0 Å². The maximum absolute atomic E-state index is 3.83. The molecule has 0 aromatic rings. The van der Waals surface area contributed by atoms with Gasteiger partial charge < -0.3 is 0 Å². The van der Waals surface area contributed by atoms with Gasteiger partial charge in [-0.25, -0.2) is 0 Å². The van der Waals surface area contributed by atoms with E-state index in [4.69, 9.17) is 0 Å². The van der Waals surface area contributed by atoms with Crippen LogP contribution in [0.1, 0.15) is 20.8 Å². The van der Waals surface area contributed by atoms with Crippen molar-refractivity contribution in [2.45, 2.75) is 20.8 Å². The van der Waals surface area contributed by atoms with Crippen LogP contribution in [0.3, 0.4) is 0 Å². The third kappa shape index (κ3) is 3.96. The van der Waals surface area contributed by atoms with Crippen LogP contribution in [0.15, 0.2) is 21.7 Å². The molecular weight excluding hydrogens is 294 g/mol. The fraction of sp³-hybridized carbons (Fsp3) is 0.600. The van der Waals surface area contributed by atoms with Crippen molar-refractivity contribution in [3.8, 4) is 0 Å². The predicted octanol–water partition coefficient (Wildman–Crippen LogP) is 4.01. The average molecular weight is 312 g/mol. The zero-order chi connectivity index (χ0) is 10.5. The second-order valence-corrected chi connectivity index (χ2v) is 4.86. The number of rotatable bonds is 5. The number of allylic oxidation sites excluding steroid dienone is 2. The number of quaternary nitrogens is 1. The van der Waals surface area contributed by atoms with Gasteiger partial charge >= 0.3 is 0 Å². The minimum absolute atomic E-state index is 0.908. The Hall–Kier alpha value is 0.400. The second-order valence-electron chi connectivity index (χ2n) is 3.05. The van der Waals surface area contributed by atoms with E-state index < -0.39 is 0 Å². The van der Waals surface area contributed by atoms with E-state index >= 15 is 0 Å². The van der Waals surface area contributed by atoms with Crippen LogP contribution in [-0.2, 0) is 0 Å². The van der Waals surface area contributed by atoms with Gasteiger partial charge in [0.15, 0.2) is 0 Å². The van der Waals surface area contributed by atoms with E-state index in [1.54, 1.807) is 0 Å². The molecule has 0 aromatic heterocycles. The van der Waals surface area contributed by atoms with Gasteiger partial charge in [-0.3, -0.25) is 4.48 Å². The maximum Gasteiger partial charge on any atom is 0.111 e. The Balaban J connectivity index is 4.76. The van der Waals surface area contributed by atoms with Crippen molar-refractivity contribution in [1.29, 1.82) is 0 Å². The molecule has 76 valence electrons. The summed E-state index contributed by atoms with van der Waals surface area (Å²) in [6, 6.07) is 0. The molecule has 0 saturated carbocycles. The summed E-state index contributed by atoms with van der Waals surface area (Å²) < 4.78 is 2.95. The van der Waals surface area contributed by atoms with E-state index in [-0.39, 0.29) is 0 Å². The van der Waals surface area contributed by atoms with E-state index in [1.165, 1.54) is 0 Å². The molecule has 0 aliphatic heterocycles. The Labute approximate surface area is 98.3 Å². The second kappa shape index (κ2) is 5.99. The fourth-order valence-corrected chi connectivity index (χ4v) is 1.79. The molecule has 0 heterocycles. The van der Waals surface area contributed by atoms with Crippen LogP contribution in [-0.4, -0.2) is 24.1 Å². The summed E-state index contributed by atoms with van der Waals surface area (Å²) in [5.74, 6) is 0. The van der Waals surface area contributed by atoms with E-state index in [1.807, 2.05) is 0 Å². The lowest BCUT2D eigenvalue weighted by Gasteiger charge is -2.31. The molecule has 0 saturated heterocycles. The van der Waals surface area contributed by atoms with Crippen LogP contribution in [0.4, 0.5) is 0 Å². The van der Waals surface area contributed by atoms with Crippen LogP contribution in [0.2, 0.25) is 0 Å². The lowest BCUT2D eigenvalue weighted by Crippen LogP contribution is -2.42. The monoisotopic (exact) mass is 310 g/mol.